The fourth-order valence-electron chi connectivity index (χ4n) is 3.66. The molecule has 1 fully saturated rings. The van der Waals surface area contributed by atoms with E-state index in [1.807, 2.05) is 35.2 Å². The number of aromatic amines is 1. The van der Waals surface area contributed by atoms with Crippen LogP contribution in [0, 0.1) is 0 Å². The van der Waals surface area contributed by atoms with Crippen molar-refractivity contribution in [3.05, 3.63) is 76.2 Å². The largest absolute Gasteiger partial charge is 0.343 e. The lowest BCUT2D eigenvalue weighted by Gasteiger charge is -2.15. The number of hydrogen-bond acceptors (Lipinski definition) is 3. The number of rotatable bonds is 5. The topological polar surface area (TPSA) is 82.3 Å². The van der Waals surface area contributed by atoms with Crippen LogP contribution >= 0.6 is 0 Å². The van der Waals surface area contributed by atoms with E-state index in [2.05, 4.69) is 10.3 Å². The number of anilines is 1. The minimum atomic E-state index is -0.371. The Hall–Kier alpha value is -3.41. The number of amides is 2. The van der Waals surface area contributed by atoms with Crippen LogP contribution in [0.25, 0.3) is 10.8 Å². The smallest absolute Gasteiger partial charge is 0.272 e. The number of nitrogens with zero attached hydrogens (tertiary/aromatic N) is 1. The van der Waals surface area contributed by atoms with Gasteiger partial charge in [0.25, 0.3) is 11.5 Å². The predicted molar refractivity (Wildman–Crippen MR) is 113 cm³/mol. The van der Waals surface area contributed by atoms with E-state index in [4.69, 9.17) is 0 Å². The highest BCUT2D eigenvalue weighted by molar-refractivity contribution is 6.04. The number of carbonyl (C=O) groups excluding carboxylic acids is 2. The van der Waals surface area contributed by atoms with Gasteiger partial charge in [0.2, 0.25) is 5.91 Å². The zero-order valence-electron chi connectivity index (χ0n) is 16.1. The number of likely N-dealkylation sites (tertiary alicyclic amines) is 1. The molecule has 2 N–H and O–H groups in total. The van der Waals surface area contributed by atoms with Gasteiger partial charge >= 0.3 is 0 Å². The number of benzene rings is 2. The molecule has 2 heterocycles. The summed E-state index contributed by atoms with van der Waals surface area (Å²) in [6.45, 7) is 1.75. The first-order valence-corrected chi connectivity index (χ1v) is 9.90. The van der Waals surface area contributed by atoms with Gasteiger partial charge in [-0.05, 0) is 54.5 Å². The molecular formula is C23H23N3O3. The van der Waals surface area contributed by atoms with Gasteiger partial charge in [-0.15, -0.1) is 0 Å². The van der Waals surface area contributed by atoms with Crippen LogP contribution in [0.1, 0.15) is 35.3 Å². The summed E-state index contributed by atoms with van der Waals surface area (Å²) in [5.74, 6) is -0.162. The minimum absolute atomic E-state index is 0.208. The molecule has 1 aliphatic rings. The zero-order chi connectivity index (χ0) is 20.2. The van der Waals surface area contributed by atoms with Gasteiger partial charge in [0.1, 0.15) is 5.69 Å². The van der Waals surface area contributed by atoms with Crippen LogP contribution in [-0.2, 0) is 11.2 Å². The van der Waals surface area contributed by atoms with Crippen LogP contribution < -0.4 is 10.9 Å². The zero-order valence-corrected chi connectivity index (χ0v) is 16.1. The number of nitrogens with one attached hydrogen (secondary N) is 2. The molecular weight excluding hydrogens is 366 g/mol. The van der Waals surface area contributed by atoms with Crippen molar-refractivity contribution in [1.29, 1.82) is 0 Å². The van der Waals surface area contributed by atoms with Crippen molar-refractivity contribution >= 4 is 28.3 Å². The van der Waals surface area contributed by atoms with Crippen LogP contribution in [0.15, 0.2) is 59.4 Å². The van der Waals surface area contributed by atoms with Crippen LogP contribution in [0.2, 0.25) is 0 Å². The number of fused-ring (bicyclic) bond motifs is 1. The number of aryl methyl sites for hydroxylation is 1. The third-order valence-electron chi connectivity index (χ3n) is 5.30. The fraction of sp³-hybridized carbons (Fsp3) is 0.261. The van der Waals surface area contributed by atoms with E-state index in [-0.39, 0.29) is 23.1 Å². The molecule has 0 saturated carbocycles. The van der Waals surface area contributed by atoms with Crippen LogP contribution in [0.3, 0.4) is 0 Å². The van der Waals surface area contributed by atoms with Crippen molar-refractivity contribution in [3.8, 4) is 0 Å². The lowest BCUT2D eigenvalue weighted by Crippen LogP contribution is -2.27. The molecule has 1 saturated heterocycles. The first-order chi connectivity index (χ1) is 14.1. The molecule has 0 unspecified atom stereocenters. The molecule has 148 valence electrons. The molecule has 0 aliphatic carbocycles. The second kappa shape index (κ2) is 8.31. The van der Waals surface area contributed by atoms with Crippen molar-refractivity contribution in [2.24, 2.45) is 0 Å². The number of aromatic nitrogens is 1. The van der Waals surface area contributed by atoms with E-state index in [1.54, 1.807) is 24.3 Å². The number of H-pyrrole nitrogens is 1. The fourth-order valence-corrected chi connectivity index (χ4v) is 3.66. The average molecular weight is 389 g/mol. The van der Waals surface area contributed by atoms with E-state index >= 15 is 0 Å². The van der Waals surface area contributed by atoms with E-state index in [1.165, 1.54) is 0 Å². The molecule has 2 aromatic carbocycles. The van der Waals surface area contributed by atoms with Gasteiger partial charge < -0.3 is 15.2 Å². The Morgan fingerprint density at radius 2 is 1.72 bits per heavy atom. The molecule has 1 aromatic heterocycles. The molecule has 1 aliphatic heterocycles. The predicted octanol–water partition coefficient (Wildman–Crippen LogP) is 3.34. The Morgan fingerprint density at radius 1 is 1.00 bits per heavy atom. The molecule has 6 heteroatoms. The first kappa shape index (κ1) is 18.9. The highest BCUT2D eigenvalue weighted by Gasteiger charge is 2.17. The monoisotopic (exact) mass is 389 g/mol. The summed E-state index contributed by atoms with van der Waals surface area (Å²) in [5.41, 5.74) is 1.62. The normalized spacial score (nSPS) is 13.6. The number of carbonyl (C=O) groups is 2. The summed E-state index contributed by atoms with van der Waals surface area (Å²) in [6, 6.07) is 16.3. The van der Waals surface area contributed by atoms with Gasteiger partial charge in [-0.2, -0.15) is 0 Å². The summed E-state index contributed by atoms with van der Waals surface area (Å²) in [6.07, 6.45) is 3.39. The standard InChI is InChI=1S/C23H23N3O3/c27-21(26-13-3-4-14-26)12-9-16-7-10-18(11-8-16)24-23(29)20-15-17-5-1-2-6-19(17)22(28)25-20/h1-2,5-8,10-11,15H,3-4,9,12-14H2,(H,24,29)(H,25,28). The molecule has 6 nitrogen and oxygen atoms in total. The third kappa shape index (κ3) is 4.37. The van der Waals surface area contributed by atoms with Crippen molar-refractivity contribution in [3.63, 3.8) is 0 Å². The van der Waals surface area contributed by atoms with E-state index in [0.29, 0.717) is 23.9 Å². The van der Waals surface area contributed by atoms with Crippen molar-refractivity contribution < 1.29 is 9.59 Å². The van der Waals surface area contributed by atoms with E-state index < -0.39 is 0 Å². The Balaban J connectivity index is 1.39. The van der Waals surface area contributed by atoms with Crippen LogP contribution in [0.4, 0.5) is 5.69 Å². The summed E-state index contributed by atoms with van der Waals surface area (Å²) in [7, 11) is 0. The second-order valence-electron chi connectivity index (χ2n) is 7.34. The summed E-state index contributed by atoms with van der Waals surface area (Å²) in [4.78, 5) is 41.4. The van der Waals surface area contributed by atoms with Gasteiger partial charge in [0.15, 0.2) is 0 Å². The Kier molecular flexibility index (Phi) is 5.42. The molecule has 0 spiro atoms. The molecule has 0 atom stereocenters. The first-order valence-electron chi connectivity index (χ1n) is 9.90. The molecule has 2 amide bonds. The SMILES string of the molecule is O=C(Nc1ccc(CCC(=O)N2CCCC2)cc1)c1cc2ccccc2c(=O)[nH]1. The van der Waals surface area contributed by atoms with E-state index in [0.717, 1.165) is 36.9 Å². The second-order valence-corrected chi connectivity index (χ2v) is 7.34. The van der Waals surface area contributed by atoms with Crippen LogP contribution in [0.5, 0.6) is 0 Å². The van der Waals surface area contributed by atoms with Gasteiger partial charge in [-0.25, -0.2) is 0 Å². The highest BCUT2D eigenvalue weighted by Crippen LogP contribution is 2.15. The Morgan fingerprint density at radius 3 is 2.48 bits per heavy atom. The Labute approximate surface area is 168 Å². The summed E-state index contributed by atoms with van der Waals surface area (Å²) < 4.78 is 0. The maximum absolute atomic E-state index is 12.5. The van der Waals surface area contributed by atoms with Crippen molar-refractivity contribution in [1.82, 2.24) is 9.88 Å². The maximum Gasteiger partial charge on any atom is 0.272 e. The van der Waals surface area contributed by atoms with Gasteiger partial charge in [0, 0.05) is 30.6 Å². The van der Waals surface area contributed by atoms with Gasteiger partial charge in [-0.1, -0.05) is 30.3 Å². The summed E-state index contributed by atoms with van der Waals surface area (Å²) in [5, 5.41) is 4.08. The lowest BCUT2D eigenvalue weighted by molar-refractivity contribution is -0.130. The van der Waals surface area contributed by atoms with Gasteiger partial charge in [-0.3, -0.25) is 14.4 Å². The Bertz CT molecular complexity index is 1100. The summed E-state index contributed by atoms with van der Waals surface area (Å²) >= 11 is 0. The number of hydrogen-bond donors (Lipinski definition) is 2. The molecule has 0 bridgehead atoms. The lowest BCUT2D eigenvalue weighted by atomic mass is 10.1. The highest BCUT2D eigenvalue weighted by atomic mass is 16.2. The molecule has 4 rings (SSSR count). The number of pyridine rings is 1. The quantitative estimate of drug-likeness (QED) is 0.702. The van der Waals surface area contributed by atoms with Gasteiger partial charge in [0.05, 0.1) is 0 Å². The molecule has 29 heavy (non-hydrogen) atoms. The molecule has 0 radical (unpaired) electrons. The van der Waals surface area contributed by atoms with Crippen molar-refractivity contribution in [2.75, 3.05) is 18.4 Å². The molecule has 3 aromatic rings. The average Bonchev–Trinajstić information content (AvgIpc) is 3.28. The third-order valence-corrected chi connectivity index (χ3v) is 5.30. The van der Waals surface area contributed by atoms with Crippen molar-refractivity contribution in [2.45, 2.75) is 25.7 Å². The van der Waals surface area contributed by atoms with Crippen LogP contribution in [-0.4, -0.2) is 34.8 Å². The maximum atomic E-state index is 12.5. The van der Waals surface area contributed by atoms with E-state index in [9.17, 15) is 14.4 Å². The minimum Gasteiger partial charge on any atom is -0.343 e.